The van der Waals surface area contributed by atoms with Crippen molar-refractivity contribution in [2.24, 2.45) is 0 Å². The summed E-state index contributed by atoms with van der Waals surface area (Å²) in [5, 5.41) is 25.3. The molecule has 3 N–H and O–H groups in total. The number of hydrogen-bond acceptors (Lipinski definition) is 8. The number of aliphatic hydroxyl groups excluding tert-OH is 1. The molecule has 0 aliphatic carbocycles. The number of nitriles is 1. The van der Waals surface area contributed by atoms with Crippen molar-refractivity contribution >= 4 is 45.5 Å². The zero-order chi connectivity index (χ0) is 29.9. The lowest BCUT2D eigenvalue weighted by Gasteiger charge is -2.18. The van der Waals surface area contributed by atoms with E-state index in [1.807, 2.05) is 7.05 Å². The Labute approximate surface area is 249 Å². The topological polar surface area (TPSA) is 120 Å². The number of halogens is 2. The zero-order valence-corrected chi connectivity index (χ0v) is 24.3. The van der Waals surface area contributed by atoms with Crippen LogP contribution in [0.15, 0.2) is 48.7 Å². The Morgan fingerprint density at radius 1 is 1.31 bits per heavy atom. The molecule has 1 saturated heterocycles. The van der Waals surface area contributed by atoms with E-state index in [2.05, 4.69) is 26.6 Å². The quantitative estimate of drug-likeness (QED) is 0.158. The SMILES string of the molecule is CN(C/C=C/C(=O)Nc1cc2c(Nc3ccc(F)c(Cl)c3)c(C#N)cnc2cc1OC1CCOC1)CCCCCCO. The van der Waals surface area contributed by atoms with Gasteiger partial charge in [0.05, 0.1) is 40.7 Å². The van der Waals surface area contributed by atoms with Crippen molar-refractivity contribution < 1.29 is 23.8 Å². The van der Waals surface area contributed by atoms with Crippen molar-refractivity contribution in [3.63, 3.8) is 0 Å². The second kappa shape index (κ2) is 15.5. The van der Waals surface area contributed by atoms with Crippen LogP contribution < -0.4 is 15.4 Å². The van der Waals surface area contributed by atoms with Gasteiger partial charge in [0.15, 0.2) is 0 Å². The van der Waals surface area contributed by atoms with Gasteiger partial charge in [-0.2, -0.15) is 5.26 Å². The highest BCUT2D eigenvalue weighted by Crippen LogP contribution is 2.37. The summed E-state index contributed by atoms with van der Waals surface area (Å²) in [4.78, 5) is 19.5. The largest absolute Gasteiger partial charge is 0.486 e. The molecule has 222 valence electrons. The number of nitrogens with one attached hydrogen (secondary N) is 2. The number of carbonyl (C=O) groups excluding carboxylic acids is 1. The molecule has 0 saturated carbocycles. The van der Waals surface area contributed by atoms with E-state index in [1.54, 1.807) is 18.2 Å². The van der Waals surface area contributed by atoms with Gasteiger partial charge in [0.25, 0.3) is 0 Å². The first kappa shape index (κ1) is 31.2. The van der Waals surface area contributed by atoms with Crippen LogP contribution in [0.5, 0.6) is 5.75 Å². The van der Waals surface area contributed by atoms with Crippen LogP contribution in [-0.4, -0.2) is 67.0 Å². The van der Waals surface area contributed by atoms with Gasteiger partial charge in [-0.25, -0.2) is 4.39 Å². The molecule has 11 heteroatoms. The minimum absolute atomic E-state index is 0.0570. The third-order valence-electron chi connectivity index (χ3n) is 6.85. The summed E-state index contributed by atoms with van der Waals surface area (Å²) < 4.78 is 25.4. The van der Waals surface area contributed by atoms with Gasteiger partial charge in [-0.3, -0.25) is 9.78 Å². The minimum Gasteiger partial charge on any atom is -0.486 e. The van der Waals surface area contributed by atoms with Crippen LogP contribution >= 0.6 is 11.6 Å². The van der Waals surface area contributed by atoms with Gasteiger partial charge in [0.1, 0.15) is 23.7 Å². The second-order valence-corrected chi connectivity index (χ2v) is 10.6. The van der Waals surface area contributed by atoms with Crippen molar-refractivity contribution in [3.05, 3.63) is 65.1 Å². The fourth-order valence-corrected chi connectivity index (χ4v) is 4.77. The molecule has 1 aliphatic heterocycles. The van der Waals surface area contributed by atoms with E-state index in [9.17, 15) is 14.4 Å². The number of carbonyl (C=O) groups is 1. The number of aromatic nitrogens is 1. The van der Waals surface area contributed by atoms with Crippen LogP contribution in [0.25, 0.3) is 10.9 Å². The molecule has 1 atom stereocenters. The normalized spacial score (nSPS) is 14.9. The van der Waals surface area contributed by atoms with Gasteiger partial charge < -0.3 is 30.1 Å². The summed E-state index contributed by atoms with van der Waals surface area (Å²) in [5.74, 6) is -0.447. The molecule has 0 radical (unpaired) electrons. The molecule has 4 rings (SSSR count). The van der Waals surface area contributed by atoms with Crippen LogP contribution in [0.2, 0.25) is 5.02 Å². The van der Waals surface area contributed by atoms with Crippen molar-refractivity contribution in [1.82, 2.24) is 9.88 Å². The predicted octanol–water partition coefficient (Wildman–Crippen LogP) is 5.79. The van der Waals surface area contributed by atoms with Gasteiger partial charge in [-0.05, 0) is 50.7 Å². The minimum atomic E-state index is -0.553. The Hall–Kier alpha value is -3.75. The maximum absolute atomic E-state index is 13.7. The van der Waals surface area contributed by atoms with Crippen LogP contribution in [-0.2, 0) is 9.53 Å². The highest BCUT2D eigenvalue weighted by atomic mass is 35.5. The van der Waals surface area contributed by atoms with Crippen LogP contribution in [0, 0.1) is 17.1 Å². The molecule has 1 fully saturated rings. The molecular weight excluding hydrogens is 561 g/mol. The molecule has 9 nitrogen and oxygen atoms in total. The Morgan fingerprint density at radius 2 is 2.14 bits per heavy atom. The number of pyridine rings is 1. The monoisotopic (exact) mass is 595 g/mol. The standard InChI is InChI=1S/C31H35ClFN5O4/c1-38(11-4-2-3-5-13-39)12-6-7-30(40)37-28-16-24-27(17-29(28)42-23-10-14-41-20-23)35-19-21(18-34)31(24)36-22-8-9-26(33)25(32)15-22/h6-9,15-17,19,23,39H,2-5,10-14,20H2,1H3,(H,35,36)(H,37,40)/b7-6+. The molecule has 3 aromatic rings. The van der Waals surface area contributed by atoms with Crippen molar-refractivity contribution in [2.75, 3.05) is 50.6 Å². The Balaban J connectivity index is 1.57. The maximum Gasteiger partial charge on any atom is 0.248 e. The highest BCUT2D eigenvalue weighted by molar-refractivity contribution is 6.31. The number of fused-ring (bicyclic) bond motifs is 1. The number of amides is 1. The number of anilines is 3. The smallest absolute Gasteiger partial charge is 0.248 e. The van der Waals surface area contributed by atoms with E-state index < -0.39 is 5.82 Å². The molecule has 1 amide bonds. The fourth-order valence-electron chi connectivity index (χ4n) is 4.59. The van der Waals surface area contributed by atoms with Crippen molar-refractivity contribution in [1.29, 1.82) is 5.26 Å². The number of unbranched alkanes of at least 4 members (excludes halogenated alkanes) is 3. The number of hydrogen-bond donors (Lipinski definition) is 3. The summed E-state index contributed by atoms with van der Waals surface area (Å²) >= 11 is 5.98. The Kier molecular flexibility index (Phi) is 11.5. The number of likely N-dealkylation sites (N-methyl/N-ethyl adjacent to an activating group) is 1. The summed E-state index contributed by atoms with van der Waals surface area (Å²) in [6, 6.07) is 9.76. The van der Waals surface area contributed by atoms with E-state index in [0.29, 0.717) is 53.5 Å². The fraction of sp³-hybridized carbons (Fsp3) is 0.387. The van der Waals surface area contributed by atoms with E-state index in [-0.39, 0.29) is 29.2 Å². The molecule has 0 bridgehead atoms. The lowest BCUT2D eigenvalue weighted by atomic mass is 10.1. The van der Waals surface area contributed by atoms with Gasteiger partial charge in [0.2, 0.25) is 5.91 Å². The van der Waals surface area contributed by atoms with Gasteiger partial charge in [-0.1, -0.05) is 30.5 Å². The number of ether oxygens (including phenoxy) is 2. The van der Waals surface area contributed by atoms with Crippen LogP contribution in [0.3, 0.4) is 0 Å². The lowest BCUT2D eigenvalue weighted by molar-refractivity contribution is -0.111. The molecule has 1 unspecified atom stereocenters. The zero-order valence-electron chi connectivity index (χ0n) is 23.5. The summed E-state index contributed by atoms with van der Waals surface area (Å²) in [6.45, 7) is 2.76. The predicted molar refractivity (Wildman–Crippen MR) is 162 cm³/mol. The van der Waals surface area contributed by atoms with Crippen LogP contribution in [0.4, 0.5) is 21.5 Å². The first-order chi connectivity index (χ1) is 20.4. The summed E-state index contributed by atoms with van der Waals surface area (Å²) in [7, 11) is 2.00. The maximum atomic E-state index is 13.7. The molecule has 0 spiro atoms. The van der Waals surface area contributed by atoms with Gasteiger partial charge in [0, 0.05) is 49.0 Å². The summed E-state index contributed by atoms with van der Waals surface area (Å²) in [5.41, 5.74) is 2.14. The van der Waals surface area contributed by atoms with E-state index in [0.717, 1.165) is 38.6 Å². The van der Waals surface area contributed by atoms with E-state index >= 15 is 0 Å². The van der Waals surface area contributed by atoms with Gasteiger partial charge >= 0.3 is 0 Å². The first-order valence-electron chi connectivity index (χ1n) is 14.0. The van der Waals surface area contributed by atoms with E-state index in [1.165, 1.54) is 30.5 Å². The molecule has 1 aliphatic rings. The van der Waals surface area contributed by atoms with Crippen molar-refractivity contribution in [2.45, 2.75) is 38.2 Å². The average molecular weight is 596 g/mol. The van der Waals surface area contributed by atoms with Gasteiger partial charge in [-0.15, -0.1) is 0 Å². The molecule has 42 heavy (non-hydrogen) atoms. The Bertz CT molecular complexity index is 1460. The van der Waals surface area contributed by atoms with E-state index in [4.69, 9.17) is 26.2 Å². The summed E-state index contributed by atoms with van der Waals surface area (Å²) in [6.07, 6.45) is 9.19. The molecule has 1 aromatic heterocycles. The third-order valence-corrected chi connectivity index (χ3v) is 7.14. The number of aliphatic hydroxyl groups is 1. The second-order valence-electron chi connectivity index (χ2n) is 10.2. The average Bonchev–Trinajstić information content (AvgIpc) is 3.49. The highest BCUT2D eigenvalue weighted by Gasteiger charge is 2.21. The molecule has 2 heterocycles. The van der Waals surface area contributed by atoms with Crippen molar-refractivity contribution in [3.8, 4) is 11.8 Å². The van der Waals surface area contributed by atoms with Crippen LogP contribution in [0.1, 0.15) is 37.7 Å². The first-order valence-corrected chi connectivity index (χ1v) is 14.4. The lowest BCUT2D eigenvalue weighted by Crippen LogP contribution is -2.20. The number of nitrogens with zero attached hydrogens (tertiary/aromatic N) is 3. The third kappa shape index (κ3) is 8.63. The Morgan fingerprint density at radius 3 is 2.88 bits per heavy atom. The number of rotatable bonds is 14. The number of benzene rings is 2. The molecule has 2 aromatic carbocycles. The molecular formula is C31H35ClFN5O4.